The van der Waals surface area contributed by atoms with Gasteiger partial charge in [-0.1, -0.05) is 0 Å². The molecule has 134 valence electrons. The number of hydrogen-bond donors (Lipinski definition) is 3. The van der Waals surface area contributed by atoms with Crippen molar-refractivity contribution >= 4 is 12.0 Å². The first-order valence-corrected chi connectivity index (χ1v) is 8.46. The van der Waals surface area contributed by atoms with Gasteiger partial charge in [-0.25, -0.2) is 14.8 Å². The van der Waals surface area contributed by atoms with E-state index in [-0.39, 0.29) is 24.3 Å². The summed E-state index contributed by atoms with van der Waals surface area (Å²) in [6, 6.07) is 1.88. The van der Waals surface area contributed by atoms with E-state index in [9.17, 15) is 4.79 Å². The zero-order valence-electron chi connectivity index (χ0n) is 14.7. The number of carbonyl (C=O) groups is 1. The highest BCUT2D eigenvalue weighted by atomic mass is 16.5. The Morgan fingerprint density at radius 1 is 1.25 bits per heavy atom. The highest BCUT2D eigenvalue weighted by Gasteiger charge is 2.25. The lowest BCUT2D eigenvalue weighted by atomic mass is 10.2. The van der Waals surface area contributed by atoms with Crippen molar-refractivity contribution in [1.29, 1.82) is 0 Å². The van der Waals surface area contributed by atoms with Gasteiger partial charge in [0.05, 0.1) is 12.2 Å². The maximum absolute atomic E-state index is 11.8. The van der Waals surface area contributed by atoms with Crippen molar-refractivity contribution < 1.29 is 9.53 Å². The van der Waals surface area contributed by atoms with Crippen LogP contribution in [0, 0.1) is 0 Å². The second kappa shape index (κ2) is 9.39. The van der Waals surface area contributed by atoms with E-state index >= 15 is 0 Å². The number of morpholine rings is 1. The van der Waals surface area contributed by atoms with Gasteiger partial charge in [0.1, 0.15) is 0 Å². The van der Waals surface area contributed by atoms with Gasteiger partial charge < -0.3 is 20.7 Å². The molecule has 2 heterocycles. The highest BCUT2D eigenvalue weighted by Crippen LogP contribution is 2.13. The molecule has 1 aromatic rings. The summed E-state index contributed by atoms with van der Waals surface area (Å²) < 4.78 is 5.74. The number of anilines is 1. The predicted molar refractivity (Wildman–Crippen MR) is 93.0 cm³/mol. The largest absolute Gasteiger partial charge is 0.373 e. The van der Waals surface area contributed by atoms with Crippen molar-refractivity contribution in [3.05, 3.63) is 18.5 Å². The third-order valence-corrected chi connectivity index (χ3v) is 3.89. The van der Waals surface area contributed by atoms with Crippen LogP contribution in [-0.4, -0.2) is 71.9 Å². The summed E-state index contributed by atoms with van der Waals surface area (Å²) in [5.74, 6) is 0.559. The SMILES string of the molecule is C[C@@H]1CN([C@H](C)CNC(=O)NCCNc2ncccn2)C[C@@H](C)O1. The monoisotopic (exact) mass is 336 g/mol. The Morgan fingerprint density at radius 3 is 2.58 bits per heavy atom. The molecule has 8 nitrogen and oxygen atoms in total. The molecule has 0 aromatic carbocycles. The number of rotatable bonds is 7. The number of nitrogens with one attached hydrogen (secondary N) is 3. The first-order valence-electron chi connectivity index (χ1n) is 8.46. The topological polar surface area (TPSA) is 91.4 Å². The maximum Gasteiger partial charge on any atom is 0.314 e. The van der Waals surface area contributed by atoms with E-state index in [0.29, 0.717) is 25.6 Å². The van der Waals surface area contributed by atoms with Crippen LogP contribution in [0.1, 0.15) is 20.8 Å². The lowest BCUT2D eigenvalue weighted by Crippen LogP contribution is -2.53. The first kappa shape index (κ1) is 18.4. The van der Waals surface area contributed by atoms with Gasteiger partial charge in [-0.15, -0.1) is 0 Å². The Balaban J connectivity index is 1.58. The van der Waals surface area contributed by atoms with Crippen molar-refractivity contribution in [3.8, 4) is 0 Å². The normalized spacial score (nSPS) is 22.6. The molecule has 0 radical (unpaired) electrons. The minimum Gasteiger partial charge on any atom is -0.373 e. The van der Waals surface area contributed by atoms with Gasteiger partial charge in [0, 0.05) is 51.2 Å². The second-order valence-electron chi connectivity index (χ2n) is 6.20. The first-order chi connectivity index (χ1) is 11.5. The molecule has 1 aliphatic heterocycles. The molecule has 3 atom stereocenters. The van der Waals surface area contributed by atoms with Gasteiger partial charge in [0.15, 0.2) is 0 Å². The van der Waals surface area contributed by atoms with Crippen molar-refractivity contribution in [2.24, 2.45) is 0 Å². The summed E-state index contributed by atoms with van der Waals surface area (Å²) >= 11 is 0. The Bertz CT molecular complexity index is 491. The van der Waals surface area contributed by atoms with E-state index in [1.54, 1.807) is 18.5 Å². The number of hydrogen-bond acceptors (Lipinski definition) is 6. The van der Waals surface area contributed by atoms with Crippen LogP contribution >= 0.6 is 0 Å². The third-order valence-electron chi connectivity index (χ3n) is 3.89. The quantitative estimate of drug-likeness (QED) is 0.635. The summed E-state index contributed by atoms with van der Waals surface area (Å²) in [5, 5.41) is 8.77. The molecular weight excluding hydrogens is 308 g/mol. The van der Waals surface area contributed by atoms with Crippen LogP contribution in [0.15, 0.2) is 18.5 Å². The Hall–Kier alpha value is -1.93. The van der Waals surface area contributed by atoms with Crippen molar-refractivity contribution in [1.82, 2.24) is 25.5 Å². The minimum atomic E-state index is -0.160. The standard InChI is InChI=1S/C16H28N6O2/c1-12(22-10-13(2)24-14(3)11-22)9-21-16(23)20-8-7-19-15-17-5-4-6-18-15/h4-6,12-14H,7-11H2,1-3H3,(H,17,18,19)(H2,20,21,23)/t12-,13-,14-/m1/s1. The summed E-state index contributed by atoms with van der Waals surface area (Å²) in [6.45, 7) is 9.78. The predicted octanol–water partition coefficient (Wildman–Crippen LogP) is 0.685. The van der Waals surface area contributed by atoms with Crippen LogP contribution in [0.5, 0.6) is 0 Å². The molecule has 0 saturated carbocycles. The fourth-order valence-corrected chi connectivity index (χ4v) is 2.75. The number of urea groups is 1. The molecular formula is C16H28N6O2. The molecule has 2 amide bonds. The summed E-state index contributed by atoms with van der Waals surface area (Å²) in [6.07, 6.45) is 3.81. The molecule has 3 N–H and O–H groups in total. The highest BCUT2D eigenvalue weighted by molar-refractivity contribution is 5.73. The lowest BCUT2D eigenvalue weighted by Gasteiger charge is -2.38. The third kappa shape index (κ3) is 6.29. The molecule has 2 rings (SSSR count). The van der Waals surface area contributed by atoms with E-state index in [0.717, 1.165) is 13.1 Å². The van der Waals surface area contributed by atoms with Gasteiger partial charge >= 0.3 is 6.03 Å². The van der Waals surface area contributed by atoms with Crippen LogP contribution in [0.3, 0.4) is 0 Å². The van der Waals surface area contributed by atoms with Crippen molar-refractivity contribution in [3.63, 3.8) is 0 Å². The Kier molecular flexibility index (Phi) is 7.20. The molecule has 8 heteroatoms. The molecule has 1 aliphatic rings. The van der Waals surface area contributed by atoms with E-state index < -0.39 is 0 Å². The Morgan fingerprint density at radius 2 is 1.92 bits per heavy atom. The minimum absolute atomic E-state index is 0.160. The van der Waals surface area contributed by atoms with Crippen LogP contribution in [-0.2, 0) is 4.74 Å². The lowest BCUT2D eigenvalue weighted by molar-refractivity contribution is -0.0778. The summed E-state index contributed by atoms with van der Waals surface area (Å²) in [4.78, 5) is 22.3. The van der Waals surface area contributed by atoms with Crippen molar-refractivity contribution in [2.75, 3.05) is 38.0 Å². The second-order valence-corrected chi connectivity index (χ2v) is 6.20. The van der Waals surface area contributed by atoms with Crippen molar-refractivity contribution in [2.45, 2.75) is 39.0 Å². The molecule has 0 spiro atoms. The average Bonchev–Trinajstić information content (AvgIpc) is 2.56. The summed E-state index contributed by atoms with van der Waals surface area (Å²) in [5.41, 5.74) is 0. The van der Waals surface area contributed by atoms with Crippen LogP contribution in [0.4, 0.5) is 10.7 Å². The van der Waals surface area contributed by atoms with Gasteiger partial charge in [0.25, 0.3) is 0 Å². The molecule has 0 aliphatic carbocycles. The molecule has 24 heavy (non-hydrogen) atoms. The van der Waals surface area contributed by atoms with E-state index in [2.05, 4.69) is 51.6 Å². The van der Waals surface area contributed by atoms with Gasteiger partial charge in [-0.3, -0.25) is 4.90 Å². The number of ether oxygens (including phenoxy) is 1. The number of aromatic nitrogens is 2. The van der Waals surface area contributed by atoms with E-state index in [1.165, 1.54) is 0 Å². The number of amides is 2. The number of nitrogens with zero attached hydrogens (tertiary/aromatic N) is 3. The maximum atomic E-state index is 11.8. The fraction of sp³-hybridized carbons (Fsp3) is 0.688. The molecule has 0 bridgehead atoms. The molecule has 0 unspecified atom stereocenters. The average molecular weight is 336 g/mol. The molecule has 1 fully saturated rings. The van der Waals surface area contributed by atoms with Crippen LogP contribution in [0.25, 0.3) is 0 Å². The molecule has 1 aromatic heterocycles. The summed E-state index contributed by atoms with van der Waals surface area (Å²) in [7, 11) is 0. The van der Waals surface area contributed by atoms with Crippen LogP contribution in [0.2, 0.25) is 0 Å². The Labute approximate surface area is 143 Å². The fourth-order valence-electron chi connectivity index (χ4n) is 2.75. The zero-order valence-corrected chi connectivity index (χ0v) is 14.7. The smallest absolute Gasteiger partial charge is 0.314 e. The van der Waals surface area contributed by atoms with Gasteiger partial charge in [-0.2, -0.15) is 0 Å². The van der Waals surface area contributed by atoms with Gasteiger partial charge in [0.2, 0.25) is 5.95 Å². The zero-order chi connectivity index (χ0) is 17.4. The van der Waals surface area contributed by atoms with Gasteiger partial charge in [-0.05, 0) is 26.8 Å². The molecule has 1 saturated heterocycles. The van der Waals surface area contributed by atoms with E-state index in [1.807, 2.05) is 0 Å². The number of carbonyl (C=O) groups excluding carboxylic acids is 1. The van der Waals surface area contributed by atoms with E-state index in [4.69, 9.17) is 4.74 Å². The van der Waals surface area contributed by atoms with Crippen LogP contribution < -0.4 is 16.0 Å².